The molecule has 1 aromatic heterocycles. The van der Waals surface area contributed by atoms with Crippen LogP contribution in [0.1, 0.15) is 16.7 Å². The van der Waals surface area contributed by atoms with E-state index in [0.717, 1.165) is 15.8 Å². The van der Waals surface area contributed by atoms with Crippen molar-refractivity contribution in [1.82, 2.24) is 4.57 Å². The Morgan fingerprint density at radius 3 is 2.73 bits per heavy atom. The van der Waals surface area contributed by atoms with Gasteiger partial charge in [-0.05, 0) is 48.7 Å². The fraction of sp³-hybridized carbons (Fsp3) is 0.300. The van der Waals surface area contributed by atoms with Gasteiger partial charge in [-0.1, -0.05) is 41.1 Å². The number of thiazole rings is 1. The van der Waals surface area contributed by atoms with Gasteiger partial charge in [0.2, 0.25) is 0 Å². The number of benzene rings is 2. The van der Waals surface area contributed by atoms with E-state index in [1.807, 2.05) is 41.0 Å². The SMILES string of the molecule is COCCn1c(=NC(=O)Cc2ccc(C)c(C)c2)sc2cc(Cl)ccc21. The van der Waals surface area contributed by atoms with Crippen LogP contribution < -0.4 is 4.80 Å². The van der Waals surface area contributed by atoms with Gasteiger partial charge in [0.05, 0.1) is 23.2 Å². The highest BCUT2D eigenvalue weighted by Gasteiger charge is 2.09. The van der Waals surface area contributed by atoms with Crippen LogP contribution in [0, 0.1) is 13.8 Å². The Hall–Kier alpha value is -1.95. The van der Waals surface area contributed by atoms with Crippen molar-refractivity contribution in [2.45, 2.75) is 26.8 Å². The highest BCUT2D eigenvalue weighted by atomic mass is 35.5. The second-order valence-corrected chi connectivity index (χ2v) is 7.69. The van der Waals surface area contributed by atoms with Crippen molar-refractivity contribution in [1.29, 1.82) is 0 Å². The summed E-state index contributed by atoms with van der Waals surface area (Å²) in [5.74, 6) is -0.155. The molecule has 6 heteroatoms. The number of amides is 1. The molecular formula is C20H21ClN2O2S. The molecule has 1 heterocycles. The first kappa shape index (κ1) is 18.8. The van der Waals surface area contributed by atoms with Gasteiger partial charge in [-0.15, -0.1) is 0 Å². The molecule has 0 saturated carbocycles. The van der Waals surface area contributed by atoms with Gasteiger partial charge >= 0.3 is 0 Å². The summed E-state index contributed by atoms with van der Waals surface area (Å²) < 4.78 is 8.22. The highest BCUT2D eigenvalue weighted by molar-refractivity contribution is 7.16. The molecule has 0 saturated heterocycles. The van der Waals surface area contributed by atoms with Gasteiger partial charge in [-0.2, -0.15) is 4.99 Å². The zero-order valence-electron chi connectivity index (χ0n) is 15.1. The van der Waals surface area contributed by atoms with E-state index >= 15 is 0 Å². The molecule has 0 atom stereocenters. The van der Waals surface area contributed by atoms with Crippen molar-refractivity contribution in [3.8, 4) is 0 Å². The van der Waals surface area contributed by atoms with Crippen LogP contribution in [0.4, 0.5) is 0 Å². The summed E-state index contributed by atoms with van der Waals surface area (Å²) in [7, 11) is 1.66. The molecule has 136 valence electrons. The summed E-state index contributed by atoms with van der Waals surface area (Å²) in [6, 6.07) is 11.8. The smallest absolute Gasteiger partial charge is 0.252 e. The van der Waals surface area contributed by atoms with Gasteiger partial charge in [0, 0.05) is 18.7 Å². The molecule has 0 fully saturated rings. The van der Waals surface area contributed by atoms with E-state index < -0.39 is 0 Å². The standard InChI is InChI=1S/C20H21ClN2O2S/c1-13-4-5-15(10-14(13)2)11-19(24)22-20-23(8-9-25-3)17-7-6-16(21)12-18(17)26-20/h4-7,10,12H,8-9,11H2,1-3H3. The van der Waals surface area contributed by atoms with Gasteiger partial charge in [0.1, 0.15) is 0 Å². The first-order chi connectivity index (χ1) is 12.5. The lowest BCUT2D eigenvalue weighted by atomic mass is 10.0. The average molecular weight is 389 g/mol. The Kier molecular flexibility index (Phi) is 5.91. The van der Waals surface area contributed by atoms with E-state index in [4.69, 9.17) is 16.3 Å². The maximum absolute atomic E-state index is 12.5. The van der Waals surface area contributed by atoms with Gasteiger partial charge < -0.3 is 9.30 Å². The molecule has 3 rings (SSSR count). The summed E-state index contributed by atoms with van der Waals surface area (Å²) in [4.78, 5) is 17.6. The molecule has 0 aliphatic rings. The number of rotatable bonds is 5. The van der Waals surface area contributed by atoms with Gasteiger partial charge in [-0.3, -0.25) is 4.79 Å². The highest BCUT2D eigenvalue weighted by Crippen LogP contribution is 2.22. The molecular weight excluding hydrogens is 368 g/mol. The minimum absolute atomic E-state index is 0.155. The zero-order chi connectivity index (χ0) is 18.7. The summed E-state index contributed by atoms with van der Waals surface area (Å²) >= 11 is 7.57. The van der Waals surface area contributed by atoms with Crippen LogP contribution in [0.15, 0.2) is 41.4 Å². The number of fused-ring (bicyclic) bond motifs is 1. The van der Waals surface area contributed by atoms with Crippen molar-refractivity contribution in [3.05, 3.63) is 62.9 Å². The molecule has 0 aliphatic heterocycles. The van der Waals surface area contributed by atoms with Crippen LogP contribution in [0.3, 0.4) is 0 Å². The molecule has 0 unspecified atom stereocenters. The van der Waals surface area contributed by atoms with Crippen molar-refractivity contribution in [2.75, 3.05) is 13.7 Å². The molecule has 0 aliphatic carbocycles. The number of halogens is 1. The summed E-state index contributed by atoms with van der Waals surface area (Å²) in [5, 5.41) is 0.672. The topological polar surface area (TPSA) is 43.6 Å². The quantitative estimate of drug-likeness (QED) is 0.654. The fourth-order valence-corrected chi connectivity index (χ4v) is 4.11. The van der Waals surface area contributed by atoms with Crippen molar-refractivity contribution in [3.63, 3.8) is 0 Å². The largest absolute Gasteiger partial charge is 0.383 e. The number of carbonyl (C=O) groups excluding carboxylic acids is 1. The number of hydrogen-bond acceptors (Lipinski definition) is 3. The monoisotopic (exact) mass is 388 g/mol. The van der Waals surface area contributed by atoms with Crippen LogP contribution in [0.5, 0.6) is 0 Å². The Labute approximate surface area is 161 Å². The maximum atomic E-state index is 12.5. The number of methoxy groups -OCH3 is 1. The summed E-state index contributed by atoms with van der Waals surface area (Å²) in [5.41, 5.74) is 4.39. The van der Waals surface area contributed by atoms with E-state index in [0.29, 0.717) is 29.4 Å². The van der Waals surface area contributed by atoms with Crippen LogP contribution in [0.25, 0.3) is 10.2 Å². The number of nitrogens with zero attached hydrogens (tertiary/aromatic N) is 2. The van der Waals surface area contributed by atoms with Crippen LogP contribution in [0.2, 0.25) is 5.02 Å². The third-order valence-electron chi connectivity index (χ3n) is 4.31. The number of hydrogen-bond donors (Lipinski definition) is 0. The van der Waals surface area contributed by atoms with E-state index in [-0.39, 0.29) is 5.91 Å². The minimum atomic E-state index is -0.155. The Balaban J connectivity index is 1.96. The van der Waals surface area contributed by atoms with E-state index in [9.17, 15) is 4.79 Å². The van der Waals surface area contributed by atoms with Crippen molar-refractivity contribution >= 4 is 39.1 Å². The molecule has 2 aromatic carbocycles. The van der Waals surface area contributed by atoms with Crippen molar-refractivity contribution in [2.24, 2.45) is 4.99 Å². The normalized spacial score (nSPS) is 12.1. The lowest BCUT2D eigenvalue weighted by Gasteiger charge is -2.05. The average Bonchev–Trinajstić information content (AvgIpc) is 2.92. The first-order valence-electron chi connectivity index (χ1n) is 8.39. The Bertz CT molecular complexity index is 1020. The molecule has 0 bridgehead atoms. The van der Waals surface area contributed by atoms with Crippen molar-refractivity contribution < 1.29 is 9.53 Å². The van der Waals surface area contributed by atoms with Gasteiger partial charge in [-0.25, -0.2) is 0 Å². The summed E-state index contributed by atoms with van der Waals surface area (Å²) in [6.45, 7) is 5.29. The maximum Gasteiger partial charge on any atom is 0.252 e. The first-order valence-corrected chi connectivity index (χ1v) is 9.59. The molecule has 4 nitrogen and oxygen atoms in total. The summed E-state index contributed by atoms with van der Waals surface area (Å²) in [6.07, 6.45) is 0.292. The number of aryl methyl sites for hydroxylation is 2. The van der Waals surface area contributed by atoms with Crippen LogP contribution in [-0.2, 0) is 22.5 Å². The van der Waals surface area contributed by atoms with E-state index in [2.05, 4.69) is 18.8 Å². The second-order valence-electron chi connectivity index (χ2n) is 6.24. The predicted octanol–water partition coefficient (Wildman–Crippen LogP) is 4.29. The Morgan fingerprint density at radius 1 is 1.19 bits per heavy atom. The van der Waals surface area contributed by atoms with Crippen LogP contribution in [-0.4, -0.2) is 24.2 Å². The molecule has 0 N–H and O–H groups in total. The zero-order valence-corrected chi connectivity index (χ0v) is 16.7. The second kappa shape index (κ2) is 8.16. The molecule has 3 aromatic rings. The Morgan fingerprint density at radius 2 is 2.00 bits per heavy atom. The third-order valence-corrected chi connectivity index (χ3v) is 5.59. The van der Waals surface area contributed by atoms with E-state index in [1.54, 1.807) is 7.11 Å². The lowest BCUT2D eigenvalue weighted by molar-refractivity contribution is -0.117. The number of aromatic nitrogens is 1. The lowest BCUT2D eigenvalue weighted by Crippen LogP contribution is -2.19. The molecule has 0 spiro atoms. The third kappa shape index (κ3) is 4.23. The fourth-order valence-electron chi connectivity index (χ4n) is 2.77. The van der Waals surface area contributed by atoms with Gasteiger partial charge in [0.25, 0.3) is 5.91 Å². The molecule has 0 radical (unpaired) electrons. The number of carbonyl (C=O) groups is 1. The number of ether oxygens (including phenoxy) is 1. The van der Waals surface area contributed by atoms with Gasteiger partial charge in [0.15, 0.2) is 4.80 Å². The molecule has 26 heavy (non-hydrogen) atoms. The van der Waals surface area contributed by atoms with E-state index in [1.165, 1.54) is 22.5 Å². The predicted molar refractivity (Wildman–Crippen MR) is 107 cm³/mol. The minimum Gasteiger partial charge on any atom is -0.383 e. The molecule has 1 amide bonds. The van der Waals surface area contributed by atoms with Crippen LogP contribution >= 0.6 is 22.9 Å².